The minimum absolute atomic E-state index is 0.0494. The van der Waals surface area contributed by atoms with Gasteiger partial charge < -0.3 is 10.6 Å². The zero-order valence-electron chi connectivity index (χ0n) is 11.1. The number of aromatic nitrogens is 1. The molecule has 3 N–H and O–H groups in total. The zero-order valence-corrected chi connectivity index (χ0v) is 11.9. The molecule has 4 nitrogen and oxygen atoms in total. The van der Waals surface area contributed by atoms with Crippen LogP contribution in [0.4, 0.5) is 5.82 Å². The van der Waals surface area contributed by atoms with Crippen molar-refractivity contribution in [3.05, 3.63) is 46.3 Å². The Balaban J connectivity index is 2.06. The second kappa shape index (κ2) is 5.84. The molecule has 2 aromatic rings. The van der Waals surface area contributed by atoms with Crippen LogP contribution in [0.15, 0.2) is 35.8 Å². The predicted octanol–water partition coefficient (Wildman–Crippen LogP) is 2.49. The first-order valence-corrected chi connectivity index (χ1v) is 7.01. The molecule has 1 atom stereocenters. The number of rotatable bonds is 5. The first-order valence-electron chi connectivity index (χ1n) is 6.13. The Morgan fingerprint density at radius 1 is 1.47 bits per heavy atom. The third-order valence-corrected chi connectivity index (χ3v) is 4.06. The molecule has 0 spiro atoms. The number of nitrogens with one attached hydrogen (secondary N) is 1. The van der Waals surface area contributed by atoms with E-state index in [1.165, 1.54) is 4.88 Å². The molecule has 0 aliphatic heterocycles. The summed E-state index contributed by atoms with van der Waals surface area (Å²) in [6, 6.07) is 8.34. The molecule has 0 aromatic carbocycles. The van der Waals surface area contributed by atoms with Gasteiger partial charge >= 0.3 is 0 Å². The largest absolute Gasteiger partial charge is 0.384 e. The highest BCUT2D eigenvalue weighted by atomic mass is 32.1. The Morgan fingerprint density at radius 3 is 2.79 bits per heavy atom. The fraction of sp³-hybridized carbons (Fsp3) is 0.286. The Kier molecular flexibility index (Phi) is 4.16. The van der Waals surface area contributed by atoms with E-state index < -0.39 is 0 Å². The van der Waals surface area contributed by atoms with Crippen LogP contribution in [0, 0.1) is 5.41 Å². The highest BCUT2D eigenvalue weighted by molar-refractivity contribution is 7.09. The van der Waals surface area contributed by atoms with Crippen molar-refractivity contribution in [3.8, 4) is 0 Å². The van der Waals surface area contributed by atoms with Crippen molar-refractivity contribution in [2.75, 3.05) is 11.9 Å². The van der Waals surface area contributed by atoms with Crippen LogP contribution in [0.2, 0.25) is 0 Å². The quantitative estimate of drug-likeness (QED) is 0.650. The number of pyridine rings is 1. The summed E-state index contributed by atoms with van der Waals surface area (Å²) in [7, 11) is 2.04. The maximum atomic E-state index is 7.35. The lowest BCUT2D eigenvalue weighted by molar-refractivity contribution is 0.680. The van der Waals surface area contributed by atoms with Crippen molar-refractivity contribution in [1.29, 1.82) is 5.41 Å². The third-order valence-electron chi connectivity index (χ3n) is 3.16. The van der Waals surface area contributed by atoms with Crippen LogP contribution in [-0.4, -0.2) is 23.9 Å². The summed E-state index contributed by atoms with van der Waals surface area (Å²) in [5, 5.41) is 9.45. The van der Waals surface area contributed by atoms with E-state index in [2.05, 4.69) is 34.3 Å². The average Bonchev–Trinajstić information content (AvgIpc) is 2.90. The molecular weight excluding hydrogens is 256 g/mol. The summed E-state index contributed by atoms with van der Waals surface area (Å²) in [6.45, 7) is 2.18. The molecule has 0 aliphatic rings. The van der Waals surface area contributed by atoms with Crippen LogP contribution < -0.4 is 10.6 Å². The van der Waals surface area contributed by atoms with Gasteiger partial charge in [-0.1, -0.05) is 6.07 Å². The second-order valence-electron chi connectivity index (χ2n) is 4.56. The van der Waals surface area contributed by atoms with E-state index in [0.29, 0.717) is 11.6 Å². The molecule has 0 saturated carbocycles. The van der Waals surface area contributed by atoms with Gasteiger partial charge in [0.05, 0.1) is 0 Å². The van der Waals surface area contributed by atoms with Gasteiger partial charge in [-0.25, -0.2) is 4.98 Å². The average molecular weight is 274 g/mol. The van der Waals surface area contributed by atoms with Gasteiger partial charge in [0.25, 0.3) is 0 Å². The van der Waals surface area contributed by atoms with E-state index in [0.717, 1.165) is 12.2 Å². The predicted molar refractivity (Wildman–Crippen MR) is 81.1 cm³/mol. The first-order chi connectivity index (χ1) is 9.08. The smallest absolute Gasteiger partial charge is 0.128 e. The molecule has 0 radical (unpaired) electrons. The highest BCUT2D eigenvalue weighted by Gasteiger charge is 2.12. The SMILES string of the molecule is CC(Cc1cccs1)N(C)c1ccc(C(=N)N)cn1. The number of anilines is 1. The molecule has 2 heterocycles. The number of nitrogens with zero attached hydrogens (tertiary/aromatic N) is 2. The van der Waals surface area contributed by atoms with Crippen molar-refractivity contribution < 1.29 is 0 Å². The maximum Gasteiger partial charge on any atom is 0.128 e. The fourth-order valence-corrected chi connectivity index (χ4v) is 2.66. The summed E-state index contributed by atoms with van der Waals surface area (Å²) >= 11 is 1.78. The molecule has 19 heavy (non-hydrogen) atoms. The van der Waals surface area contributed by atoms with Crippen LogP contribution in [0.1, 0.15) is 17.4 Å². The molecule has 0 bridgehead atoms. The second-order valence-corrected chi connectivity index (χ2v) is 5.59. The van der Waals surface area contributed by atoms with Crippen molar-refractivity contribution in [1.82, 2.24) is 4.98 Å². The van der Waals surface area contributed by atoms with Crippen LogP contribution in [0.5, 0.6) is 0 Å². The number of amidine groups is 1. The fourth-order valence-electron chi connectivity index (χ4n) is 1.84. The molecule has 100 valence electrons. The van der Waals surface area contributed by atoms with Crippen molar-refractivity contribution in [2.45, 2.75) is 19.4 Å². The minimum atomic E-state index is 0.0494. The molecular formula is C14H18N4S. The molecule has 0 aliphatic carbocycles. The molecule has 0 amide bonds. The zero-order chi connectivity index (χ0) is 13.8. The van der Waals surface area contributed by atoms with Gasteiger partial charge in [0.1, 0.15) is 11.7 Å². The Hall–Kier alpha value is -1.88. The summed E-state index contributed by atoms with van der Waals surface area (Å²) in [6.07, 6.45) is 2.65. The van der Waals surface area contributed by atoms with E-state index in [9.17, 15) is 0 Å². The molecule has 0 fully saturated rings. The molecule has 2 rings (SSSR count). The Morgan fingerprint density at radius 2 is 2.26 bits per heavy atom. The molecule has 5 heteroatoms. The van der Waals surface area contributed by atoms with Crippen molar-refractivity contribution in [2.24, 2.45) is 5.73 Å². The van der Waals surface area contributed by atoms with Gasteiger partial charge in [-0.15, -0.1) is 11.3 Å². The number of likely N-dealkylation sites (N-methyl/N-ethyl adjacent to an activating group) is 1. The van der Waals surface area contributed by atoms with Gasteiger partial charge in [0.15, 0.2) is 0 Å². The lowest BCUT2D eigenvalue weighted by Crippen LogP contribution is -2.31. The Labute approximate surface area is 117 Å². The Bertz CT molecular complexity index is 533. The van der Waals surface area contributed by atoms with Gasteiger partial charge in [-0.05, 0) is 30.5 Å². The topological polar surface area (TPSA) is 66.0 Å². The summed E-state index contributed by atoms with van der Waals surface area (Å²) in [5.41, 5.74) is 6.08. The van der Waals surface area contributed by atoms with Gasteiger partial charge in [0.2, 0.25) is 0 Å². The van der Waals surface area contributed by atoms with Gasteiger partial charge in [0, 0.05) is 36.1 Å². The maximum absolute atomic E-state index is 7.35. The van der Waals surface area contributed by atoms with Gasteiger partial charge in [-0.3, -0.25) is 5.41 Å². The summed E-state index contributed by atoms with van der Waals surface area (Å²) in [4.78, 5) is 7.88. The van der Waals surface area contributed by atoms with Crippen LogP contribution in [0.3, 0.4) is 0 Å². The van der Waals surface area contributed by atoms with Crippen molar-refractivity contribution in [3.63, 3.8) is 0 Å². The number of hydrogen-bond donors (Lipinski definition) is 2. The first kappa shape index (κ1) is 13.5. The van der Waals surface area contributed by atoms with E-state index in [1.807, 2.05) is 19.2 Å². The molecule has 0 saturated heterocycles. The lowest BCUT2D eigenvalue weighted by Gasteiger charge is -2.25. The molecule has 1 unspecified atom stereocenters. The highest BCUT2D eigenvalue weighted by Crippen LogP contribution is 2.17. The van der Waals surface area contributed by atoms with E-state index in [-0.39, 0.29) is 5.84 Å². The summed E-state index contributed by atoms with van der Waals surface area (Å²) in [5.74, 6) is 0.947. The van der Waals surface area contributed by atoms with E-state index in [4.69, 9.17) is 11.1 Å². The number of thiophene rings is 1. The summed E-state index contributed by atoms with van der Waals surface area (Å²) < 4.78 is 0. The van der Waals surface area contributed by atoms with E-state index in [1.54, 1.807) is 17.5 Å². The number of nitrogens with two attached hydrogens (primary N) is 1. The standard InChI is InChI=1S/C14H18N4S/c1-10(8-12-4-3-7-19-12)18(2)13-6-5-11(9-17-13)14(15)16/h3-7,9-10H,8H2,1-2H3,(H3,15,16). The minimum Gasteiger partial charge on any atom is -0.384 e. The third kappa shape index (κ3) is 3.32. The molecule has 2 aromatic heterocycles. The van der Waals surface area contributed by atoms with E-state index >= 15 is 0 Å². The normalized spacial score (nSPS) is 12.1. The van der Waals surface area contributed by atoms with Gasteiger partial charge in [-0.2, -0.15) is 0 Å². The van der Waals surface area contributed by atoms with Crippen LogP contribution in [-0.2, 0) is 6.42 Å². The van der Waals surface area contributed by atoms with Crippen LogP contribution in [0.25, 0.3) is 0 Å². The number of hydrogen-bond acceptors (Lipinski definition) is 4. The van der Waals surface area contributed by atoms with Crippen LogP contribution >= 0.6 is 11.3 Å². The lowest BCUT2D eigenvalue weighted by atomic mass is 10.2. The monoisotopic (exact) mass is 274 g/mol. The number of nitrogen functional groups attached to an aromatic ring is 1. The van der Waals surface area contributed by atoms with Crippen molar-refractivity contribution >= 4 is 23.0 Å².